The molecule has 3 heterocycles. The Bertz CT molecular complexity index is 1140. The number of thiazole rings is 1. The minimum atomic E-state index is -0.167. The molecule has 0 aliphatic rings. The molecular formula is C21H20N4O2S2. The number of thiophene rings is 1. The van der Waals surface area contributed by atoms with Crippen molar-refractivity contribution < 1.29 is 9.53 Å². The van der Waals surface area contributed by atoms with Crippen LogP contribution in [-0.4, -0.2) is 20.7 Å². The van der Waals surface area contributed by atoms with Crippen LogP contribution in [0.1, 0.15) is 26.4 Å². The van der Waals surface area contributed by atoms with Crippen LogP contribution in [0.4, 0.5) is 5.13 Å². The van der Waals surface area contributed by atoms with Crippen LogP contribution in [0.5, 0.6) is 5.75 Å². The van der Waals surface area contributed by atoms with Gasteiger partial charge in [-0.25, -0.2) is 4.98 Å². The van der Waals surface area contributed by atoms with E-state index in [1.54, 1.807) is 10.9 Å². The first-order chi connectivity index (χ1) is 14.0. The molecule has 29 heavy (non-hydrogen) atoms. The lowest BCUT2D eigenvalue weighted by Gasteiger charge is -2.10. The van der Waals surface area contributed by atoms with Crippen molar-refractivity contribution >= 4 is 33.7 Å². The Labute approximate surface area is 176 Å². The van der Waals surface area contributed by atoms with Crippen molar-refractivity contribution in [1.82, 2.24) is 14.8 Å². The van der Waals surface area contributed by atoms with Crippen LogP contribution in [0, 0.1) is 13.8 Å². The van der Waals surface area contributed by atoms with Gasteiger partial charge in [0.05, 0.1) is 10.6 Å². The average molecular weight is 425 g/mol. The fourth-order valence-electron chi connectivity index (χ4n) is 2.99. The van der Waals surface area contributed by atoms with E-state index in [0.29, 0.717) is 16.6 Å². The Morgan fingerprint density at radius 2 is 1.97 bits per heavy atom. The normalized spacial score (nSPS) is 10.9. The second-order valence-electron chi connectivity index (χ2n) is 6.66. The van der Waals surface area contributed by atoms with Crippen LogP contribution in [0.15, 0.2) is 47.3 Å². The van der Waals surface area contributed by atoms with E-state index >= 15 is 0 Å². The second-order valence-corrected chi connectivity index (χ2v) is 8.43. The minimum absolute atomic E-state index is 0.167. The van der Waals surface area contributed by atoms with E-state index in [2.05, 4.69) is 15.4 Å². The van der Waals surface area contributed by atoms with Crippen LogP contribution in [-0.2, 0) is 13.7 Å². The Morgan fingerprint density at radius 3 is 2.69 bits per heavy atom. The first kappa shape index (κ1) is 19.4. The van der Waals surface area contributed by atoms with Crippen LogP contribution >= 0.6 is 22.7 Å². The number of anilines is 1. The monoisotopic (exact) mass is 424 g/mol. The van der Waals surface area contributed by atoms with Gasteiger partial charge in [-0.05, 0) is 42.5 Å². The summed E-state index contributed by atoms with van der Waals surface area (Å²) in [6.45, 7) is 4.49. The molecule has 6 nitrogen and oxygen atoms in total. The number of nitrogens with zero attached hydrogens (tertiary/aromatic N) is 3. The van der Waals surface area contributed by atoms with Gasteiger partial charge in [0.15, 0.2) is 5.13 Å². The molecule has 8 heteroatoms. The van der Waals surface area contributed by atoms with E-state index in [0.717, 1.165) is 33.8 Å². The number of benzene rings is 1. The number of nitrogens with one attached hydrogen (secondary N) is 1. The Balaban J connectivity index is 1.40. The summed E-state index contributed by atoms with van der Waals surface area (Å²) in [4.78, 5) is 17.7. The van der Waals surface area contributed by atoms with E-state index in [-0.39, 0.29) is 5.91 Å². The number of aryl methyl sites for hydroxylation is 3. The lowest BCUT2D eigenvalue weighted by atomic mass is 10.1. The molecule has 1 amide bonds. The number of hydrogen-bond acceptors (Lipinski definition) is 6. The molecule has 0 bridgehead atoms. The number of carbonyl (C=O) groups excluding carboxylic acids is 1. The van der Waals surface area contributed by atoms with Crippen LogP contribution in [0.3, 0.4) is 0 Å². The van der Waals surface area contributed by atoms with Crippen molar-refractivity contribution in [2.75, 3.05) is 5.32 Å². The van der Waals surface area contributed by atoms with Gasteiger partial charge in [-0.3, -0.25) is 14.8 Å². The Hall–Kier alpha value is -2.97. The molecule has 0 spiro atoms. The molecule has 148 valence electrons. The number of hydrogen-bond donors (Lipinski definition) is 1. The summed E-state index contributed by atoms with van der Waals surface area (Å²) in [7, 11) is 1.86. The fraction of sp³-hybridized carbons (Fsp3) is 0.190. The van der Waals surface area contributed by atoms with Gasteiger partial charge in [0, 0.05) is 24.2 Å². The molecule has 0 aliphatic carbocycles. The van der Waals surface area contributed by atoms with Crippen LogP contribution in [0.2, 0.25) is 0 Å². The number of amides is 1. The molecule has 4 aromatic rings. The second kappa shape index (κ2) is 8.18. The third-order valence-electron chi connectivity index (χ3n) is 4.48. The standard InChI is InChI=1S/C21H20N4O2S2/c1-13-5-4-6-14(2)19(13)27-10-15-9-18(28-11-15)20(26)24-21-23-16(12-29-21)17-7-8-22-25(17)3/h4-9,11-12H,10H2,1-3H3,(H,23,24,26). The van der Waals surface area contributed by atoms with Crippen molar-refractivity contribution in [2.45, 2.75) is 20.5 Å². The van der Waals surface area contributed by atoms with Gasteiger partial charge in [0.1, 0.15) is 18.1 Å². The molecule has 0 fully saturated rings. The van der Waals surface area contributed by atoms with Crippen LogP contribution in [0.25, 0.3) is 11.4 Å². The van der Waals surface area contributed by atoms with Gasteiger partial charge in [-0.2, -0.15) is 5.10 Å². The molecule has 0 saturated heterocycles. The largest absolute Gasteiger partial charge is 0.488 e. The smallest absolute Gasteiger partial charge is 0.267 e. The lowest BCUT2D eigenvalue weighted by molar-refractivity contribution is 0.103. The highest BCUT2D eigenvalue weighted by Crippen LogP contribution is 2.27. The first-order valence-electron chi connectivity index (χ1n) is 9.03. The molecule has 0 saturated carbocycles. The average Bonchev–Trinajstić information content (AvgIpc) is 3.42. The third kappa shape index (κ3) is 4.23. The number of carbonyl (C=O) groups is 1. The molecular weight excluding hydrogens is 404 g/mol. The van der Waals surface area contributed by atoms with Crippen molar-refractivity contribution in [3.8, 4) is 17.1 Å². The highest BCUT2D eigenvalue weighted by Gasteiger charge is 2.14. The van der Waals surface area contributed by atoms with Gasteiger partial charge < -0.3 is 4.74 Å². The highest BCUT2D eigenvalue weighted by molar-refractivity contribution is 7.14. The van der Waals surface area contributed by atoms with E-state index < -0.39 is 0 Å². The van der Waals surface area contributed by atoms with E-state index in [1.165, 1.54) is 22.7 Å². The SMILES string of the molecule is Cc1cccc(C)c1OCc1csc(C(=O)Nc2nc(-c3ccnn3C)cs2)c1. The van der Waals surface area contributed by atoms with Crippen molar-refractivity contribution in [3.63, 3.8) is 0 Å². The molecule has 0 unspecified atom stereocenters. The zero-order chi connectivity index (χ0) is 20.4. The van der Waals surface area contributed by atoms with Gasteiger partial charge >= 0.3 is 0 Å². The van der Waals surface area contributed by atoms with Crippen molar-refractivity contribution in [2.24, 2.45) is 7.05 Å². The van der Waals surface area contributed by atoms with E-state index in [9.17, 15) is 4.79 Å². The summed E-state index contributed by atoms with van der Waals surface area (Å²) in [5, 5.41) is 11.4. The molecule has 0 radical (unpaired) electrons. The zero-order valence-electron chi connectivity index (χ0n) is 16.3. The Kier molecular flexibility index (Phi) is 5.46. The number of para-hydroxylation sites is 1. The first-order valence-corrected chi connectivity index (χ1v) is 10.8. The summed E-state index contributed by atoms with van der Waals surface area (Å²) in [6.07, 6.45) is 1.72. The van der Waals surface area contributed by atoms with Gasteiger partial charge in [-0.1, -0.05) is 18.2 Å². The summed E-state index contributed by atoms with van der Waals surface area (Å²) in [5.41, 5.74) is 4.87. The van der Waals surface area contributed by atoms with E-state index in [1.807, 2.05) is 62.0 Å². The number of rotatable bonds is 6. The predicted octanol–water partition coefficient (Wildman–Crippen LogP) is 5.05. The summed E-state index contributed by atoms with van der Waals surface area (Å²) >= 11 is 2.79. The van der Waals surface area contributed by atoms with Crippen LogP contribution < -0.4 is 10.1 Å². The zero-order valence-corrected chi connectivity index (χ0v) is 17.9. The molecule has 3 aromatic heterocycles. The molecule has 0 atom stereocenters. The lowest BCUT2D eigenvalue weighted by Crippen LogP contribution is -2.10. The van der Waals surface area contributed by atoms with Gasteiger partial charge in [0.25, 0.3) is 5.91 Å². The summed E-state index contributed by atoms with van der Waals surface area (Å²) in [6, 6.07) is 9.83. The van der Waals surface area contributed by atoms with Gasteiger partial charge in [0.2, 0.25) is 0 Å². The Morgan fingerprint density at radius 1 is 1.17 bits per heavy atom. The molecule has 0 aliphatic heterocycles. The maximum atomic E-state index is 12.6. The van der Waals surface area contributed by atoms with Crippen molar-refractivity contribution in [1.29, 1.82) is 0 Å². The molecule has 1 aromatic carbocycles. The topological polar surface area (TPSA) is 69.0 Å². The summed E-state index contributed by atoms with van der Waals surface area (Å²) in [5.74, 6) is 0.731. The number of ether oxygens (including phenoxy) is 1. The number of aromatic nitrogens is 3. The fourth-order valence-corrected chi connectivity index (χ4v) is 4.48. The van der Waals surface area contributed by atoms with Crippen molar-refractivity contribution in [3.05, 3.63) is 68.9 Å². The maximum Gasteiger partial charge on any atom is 0.267 e. The molecule has 1 N–H and O–H groups in total. The predicted molar refractivity (Wildman–Crippen MR) is 117 cm³/mol. The molecule has 4 rings (SSSR count). The quantitative estimate of drug-likeness (QED) is 0.470. The third-order valence-corrected chi connectivity index (χ3v) is 6.21. The maximum absolute atomic E-state index is 12.6. The summed E-state index contributed by atoms with van der Waals surface area (Å²) < 4.78 is 7.73. The van der Waals surface area contributed by atoms with Gasteiger partial charge in [-0.15, -0.1) is 22.7 Å². The highest BCUT2D eigenvalue weighted by atomic mass is 32.1. The minimum Gasteiger partial charge on any atom is -0.488 e. The van der Waals surface area contributed by atoms with E-state index in [4.69, 9.17) is 4.74 Å².